The molecule has 3 aromatic carbocycles. The maximum atomic E-state index is 12.5. The predicted octanol–water partition coefficient (Wildman–Crippen LogP) is 4.08. The molecule has 0 heterocycles. The van der Waals surface area contributed by atoms with Crippen LogP contribution in [0.1, 0.15) is 22.8 Å². The lowest BCUT2D eigenvalue weighted by Gasteiger charge is -2.13. The van der Waals surface area contributed by atoms with E-state index in [0.717, 1.165) is 22.9 Å². The van der Waals surface area contributed by atoms with Gasteiger partial charge in [0.25, 0.3) is 0 Å². The van der Waals surface area contributed by atoms with Gasteiger partial charge in [-0.3, -0.25) is 14.3 Å². The van der Waals surface area contributed by atoms with E-state index in [0.29, 0.717) is 11.3 Å². The van der Waals surface area contributed by atoms with E-state index >= 15 is 0 Å². The molecule has 3 rings (SSSR count). The largest absolute Gasteiger partial charge is 0.454 e. The minimum Gasteiger partial charge on any atom is -0.454 e. The molecule has 1 atom stereocenters. The lowest BCUT2D eigenvalue weighted by Crippen LogP contribution is -2.25. The molecule has 0 aliphatic carbocycles. The van der Waals surface area contributed by atoms with Crippen LogP contribution in [0.4, 0.5) is 5.69 Å². The maximum absolute atomic E-state index is 12.5. The highest BCUT2D eigenvalue weighted by molar-refractivity contribution is 7.92. The Balaban J connectivity index is 1.57. The van der Waals surface area contributed by atoms with E-state index in [9.17, 15) is 18.0 Å². The first-order valence-electron chi connectivity index (χ1n) is 9.67. The summed E-state index contributed by atoms with van der Waals surface area (Å²) in [5.41, 5.74) is 3.61. The molecule has 6 nitrogen and oxygen atoms in total. The monoisotopic (exact) mass is 437 g/mol. The van der Waals surface area contributed by atoms with Crippen LogP contribution in [0.25, 0.3) is 11.1 Å². The smallest absolute Gasteiger partial charge is 0.310 e. The number of nitrogens with one attached hydrogen (secondary N) is 1. The molecule has 0 saturated carbocycles. The van der Waals surface area contributed by atoms with Gasteiger partial charge in [0.2, 0.25) is 15.8 Å². The first-order valence-corrected chi connectivity index (χ1v) is 11.6. The number of hydrogen-bond donors (Lipinski definition) is 1. The lowest BCUT2D eigenvalue weighted by atomic mass is 10.0. The van der Waals surface area contributed by atoms with Gasteiger partial charge in [0.1, 0.15) is 0 Å². The summed E-state index contributed by atoms with van der Waals surface area (Å²) in [6, 6.07) is 23.5. The first kappa shape index (κ1) is 22.2. The molecule has 7 heteroatoms. The summed E-state index contributed by atoms with van der Waals surface area (Å²) in [5.74, 6) is -0.859. The number of benzene rings is 3. The quantitative estimate of drug-likeness (QED) is 0.424. The fourth-order valence-electron chi connectivity index (χ4n) is 3.06. The fourth-order valence-corrected chi connectivity index (χ4v) is 3.62. The van der Waals surface area contributed by atoms with E-state index in [2.05, 4.69) is 4.72 Å². The van der Waals surface area contributed by atoms with Crippen LogP contribution in [0.15, 0.2) is 78.9 Å². The average Bonchev–Trinajstić information content (AvgIpc) is 2.73. The molecule has 0 unspecified atom stereocenters. The van der Waals surface area contributed by atoms with Crippen molar-refractivity contribution in [2.75, 3.05) is 11.0 Å². The van der Waals surface area contributed by atoms with Crippen molar-refractivity contribution in [2.24, 2.45) is 0 Å². The number of Topliss-reactive ketones (excluding diaryl/α,β-unsaturated/α-hetero) is 1. The van der Waals surface area contributed by atoms with Crippen molar-refractivity contribution in [3.05, 3.63) is 90.0 Å². The summed E-state index contributed by atoms with van der Waals surface area (Å²) in [6.07, 6.45) is 0.150. The van der Waals surface area contributed by atoms with Crippen LogP contribution in [-0.4, -0.2) is 32.5 Å². The Labute approximate surface area is 181 Å². The summed E-state index contributed by atoms with van der Waals surface area (Å²) >= 11 is 0. The number of carbonyl (C=O) groups excluding carboxylic acids is 2. The molecular weight excluding hydrogens is 414 g/mol. The number of ketones is 1. The highest BCUT2D eigenvalue weighted by Crippen LogP contribution is 2.20. The summed E-state index contributed by atoms with van der Waals surface area (Å²) in [6.45, 7) is 1.52. The number of ether oxygens (including phenoxy) is 1. The van der Waals surface area contributed by atoms with Gasteiger partial charge >= 0.3 is 5.97 Å². The average molecular weight is 438 g/mol. The molecule has 0 aromatic heterocycles. The van der Waals surface area contributed by atoms with Crippen LogP contribution in [0.2, 0.25) is 0 Å². The number of anilines is 1. The van der Waals surface area contributed by atoms with E-state index in [1.54, 1.807) is 0 Å². The first-order chi connectivity index (χ1) is 14.7. The van der Waals surface area contributed by atoms with E-state index in [1.165, 1.54) is 31.2 Å². The molecule has 160 valence electrons. The maximum Gasteiger partial charge on any atom is 0.310 e. The van der Waals surface area contributed by atoms with E-state index < -0.39 is 22.1 Å². The summed E-state index contributed by atoms with van der Waals surface area (Å²) in [4.78, 5) is 24.8. The van der Waals surface area contributed by atoms with Crippen molar-refractivity contribution in [2.45, 2.75) is 19.4 Å². The zero-order valence-corrected chi connectivity index (χ0v) is 18.1. The van der Waals surface area contributed by atoms with Crippen molar-refractivity contribution >= 4 is 27.5 Å². The zero-order chi connectivity index (χ0) is 22.4. The van der Waals surface area contributed by atoms with Gasteiger partial charge < -0.3 is 4.74 Å². The second-order valence-corrected chi connectivity index (χ2v) is 8.94. The number of esters is 1. The second kappa shape index (κ2) is 9.57. The van der Waals surface area contributed by atoms with Crippen LogP contribution in [0.5, 0.6) is 0 Å². The van der Waals surface area contributed by atoms with Crippen LogP contribution in [0, 0.1) is 0 Å². The summed E-state index contributed by atoms with van der Waals surface area (Å²) in [5, 5.41) is 0. The molecule has 0 aliphatic heterocycles. The zero-order valence-electron chi connectivity index (χ0n) is 17.2. The Bertz CT molecular complexity index is 1150. The Morgan fingerprint density at radius 2 is 1.45 bits per heavy atom. The normalized spacial score (nSPS) is 12.1. The van der Waals surface area contributed by atoms with Crippen molar-refractivity contribution in [3.8, 4) is 11.1 Å². The lowest BCUT2D eigenvalue weighted by molar-refractivity contribution is -0.145. The van der Waals surface area contributed by atoms with Crippen LogP contribution in [0.3, 0.4) is 0 Å². The van der Waals surface area contributed by atoms with Crippen molar-refractivity contribution in [3.63, 3.8) is 0 Å². The van der Waals surface area contributed by atoms with E-state index in [1.807, 2.05) is 54.6 Å². The predicted molar refractivity (Wildman–Crippen MR) is 120 cm³/mol. The van der Waals surface area contributed by atoms with Gasteiger partial charge in [-0.2, -0.15) is 0 Å². The third kappa shape index (κ3) is 6.52. The van der Waals surface area contributed by atoms with Gasteiger partial charge in [-0.15, -0.1) is 0 Å². The molecular formula is C24H23NO5S. The fraction of sp³-hybridized carbons (Fsp3) is 0.167. The molecule has 1 N–H and O–H groups in total. The Kier molecular flexibility index (Phi) is 6.87. The van der Waals surface area contributed by atoms with Gasteiger partial charge in [-0.1, -0.05) is 54.6 Å². The van der Waals surface area contributed by atoms with Gasteiger partial charge in [0, 0.05) is 11.3 Å². The van der Waals surface area contributed by atoms with Crippen molar-refractivity contribution < 1.29 is 22.7 Å². The summed E-state index contributed by atoms with van der Waals surface area (Å²) in [7, 11) is -3.40. The number of hydrogen-bond acceptors (Lipinski definition) is 5. The number of sulfonamides is 1. The molecule has 0 spiro atoms. The van der Waals surface area contributed by atoms with Crippen LogP contribution in [-0.2, 0) is 26.0 Å². The molecule has 0 aliphatic rings. The van der Waals surface area contributed by atoms with Gasteiger partial charge in [-0.25, -0.2) is 8.42 Å². The molecule has 0 radical (unpaired) electrons. The third-order valence-corrected chi connectivity index (χ3v) is 5.17. The van der Waals surface area contributed by atoms with E-state index in [-0.39, 0.29) is 12.2 Å². The topological polar surface area (TPSA) is 89.5 Å². The third-order valence-electron chi connectivity index (χ3n) is 4.56. The standard InChI is InChI=1S/C24H23NO5S/c1-17(24(27)21-12-14-22(15-13-21)25-31(2,28)29)30-23(26)16-18-8-10-20(11-9-18)19-6-4-3-5-7-19/h3-15,17,25H,16H2,1-2H3/t17-/m0/s1. The molecule has 31 heavy (non-hydrogen) atoms. The molecule has 3 aromatic rings. The minimum absolute atomic E-state index is 0.0594. The minimum atomic E-state index is -3.40. The summed E-state index contributed by atoms with van der Waals surface area (Å²) < 4.78 is 30.1. The highest BCUT2D eigenvalue weighted by atomic mass is 32.2. The van der Waals surface area contributed by atoms with Gasteiger partial charge in [0.15, 0.2) is 6.10 Å². The van der Waals surface area contributed by atoms with Crippen molar-refractivity contribution in [1.82, 2.24) is 0 Å². The molecule has 0 bridgehead atoms. The molecule has 0 amide bonds. The van der Waals surface area contributed by atoms with Gasteiger partial charge in [0.05, 0.1) is 12.7 Å². The molecule has 0 saturated heterocycles. The molecule has 0 fully saturated rings. The Morgan fingerprint density at radius 1 is 0.871 bits per heavy atom. The highest BCUT2D eigenvalue weighted by Gasteiger charge is 2.20. The van der Waals surface area contributed by atoms with Crippen LogP contribution < -0.4 is 4.72 Å². The SMILES string of the molecule is C[C@H](OC(=O)Cc1ccc(-c2ccccc2)cc1)C(=O)c1ccc(NS(C)(=O)=O)cc1. The van der Waals surface area contributed by atoms with E-state index in [4.69, 9.17) is 4.74 Å². The second-order valence-electron chi connectivity index (χ2n) is 7.19. The van der Waals surface area contributed by atoms with Crippen LogP contribution >= 0.6 is 0 Å². The Morgan fingerprint density at radius 3 is 2.03 bits per heavy atom. The number of rotatable bonds is 8. The van der Waals surface area contributed by atoms with Crippen molar-refractivity contribution in [1.29, 1.82) is 0 Å². The van der Waals surface area contributed by atoms with Gasteiger partial charge in [-0.05, 0) is 47.9 Å². The Hall–Kier alpha value is -3.45. The number of carbonyl (C=O) groups is 2.